The van der Waals surface area contributed by atoms with E-state index in [0.717, 1.165) is 44.7 Å². The van der Waals surface area contributed by atoms with Crippen LogP contribution < -0.4 is 5.32 Å². The summed E-state index contributed by atoms with van der Waals surface area (Å²) in [6.45, 7) is 8.75. The quantitative estimate of drug-likeness (QED) is 0.882. The molecule has 0 aromatic heterocycles. The number of nitrogens with zero attached hydrogens (tertiary/aromatic N) is 1. The van der Waals surface area contributed by atoms with E-state index in [0.29, 0.717) is 0 Å². The molecular weight excluding hydrogens is 227 g/mol. The zero-order chi connectivity index (χ0) is 13.0. The van der Waals surface area contributed by atoms with E-state index in [2.05, 4.69) is 22.3 Å². The summed E-state index contributed by atoms with van der Waals surface area (Å²) in [5, 5.41) is 3.35. The Balaban J connectivity index is 1.86. The van der Waals surface area contributed by atoms with Gasteiger partial charge in [-0.3, -0.25) is 0 Å². The summed E-state index contributed by atoms with van der Waals surface area (Å²) >= 11 is 0. The highest BCUT2D eigenvalue weighted by molar-refractivity contribution is 5.26. The van der Waals surface area contributed by atoms with Crippen LogP contribution in [0.15, 0.2) is 24.3 Å². The fraction of sp³-hybridized carbons (Fsp3) is 0.600. The van der Waals surface area contributed by atoms with E-state index in [1.165, 1.54) is 5.56 Å². The van der Waals surface area contributed by atoms with Crippen molar-refractivity contribution < 1.29 is 4.39 Å². The molecule has 2 rings (SSSR count). The monoisotopic (exact) mass is 250 g/mol. The van der Waals surface area contributed by atoms with Crippen molar-refractivity contribution in [1.29, 1.82) is 0 Å². The van der Waals surface area contributed by atoms with E-state index >= 15 is 0 Å². The topological polar surface area (TPSA) is 15.3 Å². The van der Waals surface area contributed by atoms with Gasteiger partial charge < -0.3 is 10.2 Å². The molecule has 1 aromatic rings. The Kier molecular flexibility index (Phi) is 4.36. The second-order valence-corrected chi connectivity index (χ2v) is 5.51. The Hall–Kier alpha value is -0.930. The maximum atomic E-state index is 13.7. The van der Waals surface area contributed by atoms with E-state index in [1.54, 1.807) is 13.8 Å². The third kappa shape index (κ3) is 3.79. The van der Waals surface area contributed by atoms with Gasteiger partial charge in [-0.1, -0.05) is 24.3 Å². The number of hydrogen-bond acceptors (Lipinski definition) is 2. The van der Waals surface area contributed by atoms with Crippen LogP contribution in [0.5, 0.6) is 0 Å². The molecule has 0 saturated carbocycles. The molecule has 100 valence electrons. The van der Waals surface area contributed by atoms with Crippen LogP contribution in [0.3, 0.4) is 0 Å². The maximum Gasteiger partial charge on any atom is 0.130 e. The summed E-state index contributed by atoms with van der Waals surface area (Å²) in [6.07, 6.45) is 1.05. The van der Waals surface area contributed by atoms with E-state index in [-0.39, 0.29) is 0 Å². The van der Waals surface area contributed by atoms with E-state index in [9.17, 15) is 4.39 Å². The largest absolute Gasteiger partial charge is 0.314 e. The lowest BCUT2D eigenvalue weighted by atomic mass is 9.98. The van der Waals surface area contributed by atoms with Gasteiger partial charge in [0, 0.05) is 32.7 Å². The summed E-state index contributed by atoms with van der Waals surface area (Å²) in [7, 11) is 0. The summed E-state index contributed by atoms with van der Waals surface area (Å²) in [5.41, 5.74) is 0.812. The van der Waals surface area contributed by atoms with Gasteiger partial charge in [0.15, 0.2) is 0 Å². The van der Waals surface area contributed by atoms with Crippen LogP contribution in [0, 0.1) is 0 Å². The Morgan fingerprint density at radius 2 is 1.78 bits per heavy atom. The second-order valence-electron chi connectivity index (χ2n) is 5.51. The summed E-state index contributed by atoms with van der Waals surface area (Å²) < 4.78 is 13.7. The van der Waals surface area contributed by atoms with Crippen molar-refractivity contribution in [2.75, 3.05) is 32.7 Å². The summed E-state index contributed by atoms with van der Waals surface area (Å²) in [5.74, 6) is 0. The molecule has 1 aliphatic heterocycles. The van der Waals surface area contributed by atoms with Gasteiger partial charge in [0.25, 0.3) is 0 Å². The van der Waals surface area contributed by atoms with Crippen molar-refractivity contribution in [1.82, 2.24) is 10.2 Å². The molecule has 0 bridgehead atoms. The van der Waals surface area contributed by atoms with Gasteiger partial charge in [-0.2, -0.15) is 0 Å². The molecule has 0 unspecified atom stereocenters. The molecule has 1 aromatic carbocycles. The first kappa shape index (κ1) is 13.5. The number of hydrogen-bond donors (Lipinski definition) is 1. The first-order valence-corrected chi connectivity index (χ1v) is 6.77. The molecule has 0 radical (unpaired) electrons. The van der Waals surface area contributed by atoms with Gasteiger partial charge in [-0.25, -0.2) is 4.39 Å². The molecule has 0 spiro atoms. The predicted octanol–water partition coefficient (Wildman–Crippen LogP) is 2.34. The number of rotatable bonds is 4. The zero-order valence-corrected chi connectivity index (χ0v) is 11.4. The standard InChI is InChI=1S/C15H23FN2/c1-15(2,16)14-5-3-13(4-6-14)7-10-18-11-8-17-9-12-18/h3-6,17H,7-12H2,1-2H3. The van der Waals surface area contributed by atoms with Crippen molar-refractivity contribution in [2.45, 2.75) is 25.9 Å². The number of alkyl halides is 1. The van der Waals surface area contributed by atoms with Crippen LogP contribution in [0.4, 0.5) is 4.39 Å². The molecule has 0 atom stereocenters. The van der Waals surface area contributed by atoms with Crippen LogP contribution in [0.25, 0.3) is 0 Å². The molecular formula is C15H23FN2. The van der Waals surface area contributed by atoms with Crippen LogP contribution in [0.1, 0.15) is 25.0 Å². The normalized spacial score (nSPS) is 17.9. The smallest absolute Gasteiger partial charge is 0.130 e. The highest BCUT2D eigenvalue weighted by Crippen LogP contribution is 2.24. The molecule has 1 saturated heterocycles. The first-order chi connectivity index (χ1) is 8.55. The molecule has 1 N–H and O–H groups in total. The van der Waals surface area contributed by atoms with Gasteiger partial charge in [0.05, 0.1) is 0 Å². The van der Waals surface area contributed by atoms with Crippen molar-refractivity contribution in [2.24, 2.45) is 0 Å². The number of benzene rings is 1. The minimum Gasteiger partial charge on any atom is -0.314 e. The van der Waals surface area contributed by atoms with Crippen LogP contribution in [-0.2, 0) is 12.1 Å². The first-order valence-electron chi connectivity index (χ1n) is 6.77. The molecule has 2 nitrogen and oxygen atoms in total. The maximum absolute atomic E-state index is 13.7. The van der Waals surface area contributed by atoms with Gasteiger partial charge in [0.1, 0.15) is 5.67 Å². The van der Waals surface area contributed by atoms with Gasteiger partial charge in [0.2, 0.25) is 0 Å². The predicted molar refractivity (Wildman–Crippen MR) is 73.6 cm³/mol. The molecule has 1 heterocycles. The van der Waals surface area contributed by atoms with E-state index in [4.69, 9.17) is 0 Å². The van der Waals surface area contributed by atoms with Crippen LogP contribution in [0.2, 0.25) is 0 Å². The van der Waals surface area contributed by atoms with Crippen LogP contribution in [-0.4, -0.2) is 37.6 Å². The van der Waals surface area contributed by atoms with Crippen LogP contribution >= 0.6 is 0 Å². The number of piperazine rings is 1. The van der Waals surface area contributed by atoms with Crippen molar-refractivity contribution in [3.63, 3.8) is 0 Å². The molecule has 0 amide bonds. The summed E-state index contributed by atoms with van der Waals surface area (Å²) in [6, 6.07) is 7.93. The molecule has 1 fully saturated rings. The zero-order valence-electron chi connectivity index (χ0n) is 11.4. The SMILES string of the molecule is CC(C)(F)c1ccc(CCN2CCNCC2)cc1. The number of nitrogens with one attached hydrogen (secondary N) is 1. The van der Waals surface area contributed by atoms with E-state index in [1.807, 2.05) is 12.1 Å². The Bertz CT molecular complexity index is 361. The Morgan fingerprint density at radius 3 is 2.33 bits per heavy atom. The highest BCUT2D eigenvalue weighted by atomic mass is 19.1. The third-order valence-corrected chi connectivity index (χ3v) is 3.57. The molecule has 1 aliphatic rings. The minimum atomic E-state index is -1.24. The van der Waals surface area contributed by atoms with Crippen molar-refractivity contribution >= 4 is 0 Å². The minimum absolute atomic E-state index is 0.758. The lowest BCUT2D eigenvalue weighted by Crippen LogP contribution is -2.44. The fourth-order valence-corrected chi connectivity index (χ4v) is 2.29. The lowest BCUT2D eigenvalue weighted by Gasteiger charge is -2.27. The number of halogens is 1. The van der Waals surface area contributed by atoms with Crippen molar-refractivity contribution in [3.05, 3.63) is 35.4 Å². The van der Waals surface area contributed by atoms with Gasteiger partial charge >= 0.3 is 0 Å². The van der Waals surface area contributed by atoms with Gasteiger partial charge in [-0.05, 0) is 31.4 Å². The third-order valence-electron chi connectivity index (χ3n) is 3.57. The lowest BCUT2D eigenvalue weighted by molar-refractivity contribution is 0.221. The average Bonchev–Trinajstić information content (AvgIpc) is 2.37. The van der Waals surface area contributed by atoms with Crippen molar-refractivity contribution in [3.8, 4) is 0 Å². The molecule has 18 heavy (non-hydrogen) atoms. The van der Waals surface area contributed by atoms with E-state index < -0.39 is 5.67 Å². The second kappa shape index (κ2) is 5.81. The van der Waals surface area contributed by atoms with Gasteiger partial charge in [-0.15, -0.1) is 0 Å². The molecule has 3 heteroatoms. The Labute approximate surface area is 109 Å². The Morgan fingerprint density at radius 1 is 1.17 bits per heavy atom. The average molecular weight is 250 g/mol. The highest BCUT2D eigenvalue weighted by Gasteiger charge is 2.18. The molecule has 0 aliphatic carbocycles. The fourth-order valence-electron chi connectivity index (χ4n) is 2.29. The summed E-state index contributed by atoms with van der Waals surface area (Å²) in [4.78, 5) is 2.48.